The van der Waals surface area contributed by atoms with Gasteiger partial charge in [-0.25, -0.2) is 19.6 Å². The van der Waals surface area contributed by atoms with E-state index in [1.54, 1.807) is 4.68 Å². The lowest BCUT2D eigenvalue weighted by molar-refractivity contribution is -0.394. The molecule has 2 aromatic heterocycles. The van der Waals surface area contributed by atoms with Crippen LogP contribution in [0.2, 0.25) is 0 Å². The molecular formula is C16H15N7O5S. The van der Waals surface area contributed by atoms with Gasteiger partial charge in [0, 0.05) is 23.3 Å². The number of nitrogens with zero attached hydrogens (tertiary/aromatic N) is 7. The summed E-state index contributed by atoms with van der Waals surface area (Å²) in [6, 6.07) is 1.69. The normalized spacial score (nSPS) is 11.8. The lowest BCUT2D eigenvalue weighted by Gasteiger charge is -2.16. The minimum atomic E-state index is -0.899. The molecule has 0 unspecified atom stereocenters. The highest BCUT2D eigenvalue weighted by molar-refractivity contribution is 7.17. The number of rotatable bonds is 5. The van der Waals surface area contributed by atoms with Gasteiger partial charge in [-0.3, -0.25) is 20.2 Å². The van der Waals surface area contributed by atoms with Crippen LogP contribution in [0.25, 0.3) is 5.00 Å². The zero-order valence-corrected chi connectivity index (χ0v) is 16.3. The molecule has 150 valence electrons. The Hall–Kier alpha value is -3.74. The molecule has 29 heavy (non-hydrogen) atoms. The molecule has 1 aromatic carbocycles. The number of aromatic nitrogens is 4. The molecule has 0 aliphatic heterocycles. The van der Waals surface area contributed by atoms with Crippen molar-refractivity contribution < 1.29 is 15.0 Å². The van der Waals surface area contributed by atoms with Crippen LogP contribution >= 0.6 is 11.3 Å². The van der Waals surface area contributed by atoms with E-state index in [0.717, 1.165) is 12.3 Å². The number of phenols is 1. The summed E-state index contributed by atoms with van der Waals surface area (Å²) in [5.41, 5.74) is -1.11. The largest absolute Gasteiger partial charge is 0.502 e. The van der Waals surface area contributed by atoms with Crippen LogP contribution in [0.3, 0.4) is 0 Å². The van der Waals surface area contributed by atoms with Crippen LogP contribution in [0.1, 0.15) is 32.0 Å². The van der Waals surface area contributed by atoms with E-state index in [1.807, 2.05) is 20.8 Å². The van der Waals surface area contributed by atoms with Crippen LogP contribution < -0.4 is 0 Å². The molecule has 0 fully saturated rings. The van der Waals surface area contributed by atoms with Crippen LogP contribution in [-0.2, 0) is 5.41 Å². The number of hydrogen-bond acceptors (Lipinski definition) is 10. The molecule has 0 bridgehead atoms. The van der Waals surface area contributed by atoms with Gasteiger partial charge in [0.05, 0.1) is 21.6 Å². The number of thiazole rings is 1. The van der Waals surface area contributed by atoms with E-state index < -0.39 is 27.0 Å². The predicted molar refractivity (Wildman–Crippen MR) is 104 cm³/mol. The van der Waals surface area contributed by atoms with Gasteiger partial charge in [-0.1, -0.05) is 32.1 Å². The first-order chi connectivity index (χ1) is 13.6. The number of hydrogen-bond donors (Lipinski definition) is 1. The Morgan fingerprint density at radius 3 is 2.52 bits per heavy atom. The summed E-state index contributed by atoms with van der Waals surface area (Å²) in [5, 5.41) is 37.3. The second-order valence-corrected chi connectivity index (χ2v) is 7.87. The quantitative estimate of drug-likeness (QED) is 0.375. The maximum atomic E-state index is 11.1. The summed E-state index contributed by atoms with van der Waals surface area (Å²) in [5.74, 6) is -0.714. The van der Waals surface area contributed by atoms with Gasteiger partial charge < -0.3 is 5.11 Å². The van der Waals surface area contributed by atoms with Gasteiger partial charge in [-0.15, -0.1) is 0 Å². The van der Waals surface area contributed by atoms with Gasteiger partial charge in [0.15, 0.2) is 0 Å². The number of phenolic OH excluding ortho intramolecular Hbond substituents is 1. The third kappa shape index (κ3) is 4.08. The number of nitro groups is 2. The molecule has 0 amide bonds. The van der Waals surface area contributed by atoms with Gasteiger partial charge in [0.2, 0.25) is 10.9 Å². The molecule has 0 aliphatic rings. The summed E-state index contributed by atoms with van der Waals surface area (Å²) in [4.78, 5) is 33.0. The van der Waals surface area contributed by atoms with E-state index in [9.17, 15) is 25.3 Å². The minimum Gasteiger partial charge on any atom is -0.502 e. The zero-order chi connectivity index (χ0) is 21.3. The number of aromatic hydroxyl groups is 1. The lowest BCUT2D eigenvalue weighted by atomic mass is 9.92. The number of nitro benzene ring substituents is 2. The summed E-state index contributed by atoms with van der Waals surface area (Å²) in [6.07, 6.45) is 4.01. The third-order valence-electron chi connectivity index (χ3n) is 3.76. The highest BCUT2D eigenvalue weighted by Gasteiger charge is 2.26. The second-order valence-electron chi connectivity index (χ2n) is 6.92. The molecule has 3 rings (SSSR count). The third-order valence-corrected chi connectivity index (χ3v) is 4.71. The summed E-state index contributed by atoms with van der Waals surface area (Å²) < 4.78 is 1.55. The molecule has 12 nitrogen and oxygen atoms in total. The van der Waals surface area contributed by atoms with Crippen molar-refractivity contribution in [2.45, 2.75) is 26.2 Å². The fourth-order valence-electron chi connectivity index (χ4n) is 2.41. The van der Waals surface area contributed by atoms with Crippen molar-refractivity contribution in [2.24, 2.45) is 4.99 Å². The van der Waals surface area contributed by atoms with E-state index in [1.165, 1.54) is 24.0 Å². The molecule has 0 aliphatic carbocycles. The molecule has 3 aromatic rings. The first-order valence-electron chi connectivity index (χ1n) is 8.14. The van der Waals surface area contributed by atoms with E-state index in [2.05, 4.69) is 20.1 Å². The average molecular weight is 417 g/mol. The molecule has 13 heteroatoms. The van der Waals surface area contributed by atoms with Crippen LogP contribution in [0.4, 0.5) is 16.5 Å². The maximum Gasteiger partial charge on any atom is 0.318 e. The van der Waals surface area contributed by atoms with Gasteiger partial charge in [0.25, 0.3) is 5.69 Å². The number of benzene rings is 1. The van der Waals surface area contributed by atoms with Crippen molar-refractivity contribution >= 4 is 34.1 Å². The molecule has 2 heterocycles. The monoisotopic (exact) mass is 417 g/mol. The van der Waals surface area contributed by atoms with Crippen LogP contribution in [0, 0.1) is 20.2 Å². The highest BCUT2D eigenvalue weighted by Crippen LogP contribution is 2.37. The first-order valence-corrected chi connectivity index (χ1v) is 8.95. The van der Waals surface area contributed by atoms with Gasteiger partial charge in [0.1, 0.15) is 17.7 Å². The topological polar surface area (TPSA) is 162 Å². The molecule has 0 spiro atoms. The van der Waals surface area contributed by atoms with E-state index in [-0.39, 0.29) is 16.1 Å². The Kier molecular flexibility index (Phi) is 5.07. The van der Waals surface area contributed by atoms with Crippen molar-refractivity contribution in [1.82, 2.24) is 19.7 Å². The zero-order valence-electron chi connectivity index (χ0n) is 15.5. The van der Waals surface area contributed by atoms with E-state index in [0.29, 0.717) is 16.8 Å². The fourth-order valence-corrected chi connectivity index (χ4v) is 3.46. The molecule has 0 saturated carbocycles. The van der Waals surface area contributed by atoms with Crippen molar-refractivity contribution in [3.8, 4) is 10.8 Å². The Morgan fingerprint density at radius 1 is 1.24 bits per heavy atom. The van der Waals surface area contributed by atoms with Crippen molar-refractivity contribution in [3.63, 3.8) is 0 Å². The molecule has 0 atom stereocenters. The fraction of sp³-hybridized carbons (Fsp3) is 0.250. The van der Waals surface area contributed by atoms with Gasteiger partial charge in [-0.2, -0.15) is 5.10 Å². The molecule has 0 saturated heterocycles. The van der Waals surface area contributed by atoms with Crippen LogP contribution in [-0.4, -0.2) is 40.9 Å². The van der Waals surface area contributed by atoms with Crippen LogP contribution in [0.5, 0.6) is 5.75 Å². The number of aliphatic imine (C=N–C) groups is 1. The lowest BCUT2D eigenvalue weighted by Crippen LogP contribution is -2.14. The SMILES string of the molecule is CC(C)(C)c1nc(N=Cc2cc([N+](=O)[O-])cc([N+](=O)[O-])c2O)sc1-n1cncn1. The molecular weight excluding hydrogens is 402 g/mol. The Labute approximate surface area is 167 Å². The van der Waals surface area contributed by atoms with Gasteiger partial charge >= 0.3 is 5.69 Å². The maximum absolute atomic E-state index is 11.1. The second kappa shape index (κ2) is 7.35. The highest BCUT2D eigenvalue weighted by atomic mass is 32.1. The molecule has 1 N–H and O–H groups in total. The van der Waals surface area contributed by atoms with E-state index in [4.69, 9.17) is 0 Å². The Bertz CT molecular complexity index is 1120. The van der Waals surface area contributed by atoms with Crippen LogP contribution in [0.15, 0.2) is 29.8 Å². The van der Waals surface area contributed by atoms with Crippen molar-refractivity contribution in [1.29, 1.82) is 0 Å². The van der Waals surface area contributed by atoms with E-state index >= 15 is 0 Å². The predicted octanol–water partition coefficient (Wildman–Crippen LogP) is 3.29. The molecule has 0 radical (unpaired) electrons. The number of non-ortho nitro benzene ring substituents is 1. The standard InChI is InChI=1S/C16H15N7O5S/c1-16(2,3)13-14(21-8-17-7-19-21)29-15(20-13)18-6-9-4-10(22(25)26)5-11(12(9)24)23(27)28/h4-8,24H,1-3H3. The smallest absolute Gasteiger partial charge is 0.318 e. The summed E-state index contributed by atoms with van der Waals surface area (Å²) in [7, 11) is 0. The Morgan fingerprint density at radius 2 is 1.97 bits per heavy atom. The first kappa shape index (κ1) is 20.0. The minimum absolute atomic E-state index is 0.166. The van der Waals surface area contributed by atoms with Crippen molar-refractivity contribution in [2.75, 3.05) is 0 Å². The average Bonchev–Trinajstić information content (AvgIpc) is 3.29. The summed E-state index contributed by atoms with van der Waals surface area (Å²) >= 11 is 1.19. The van der Waals surface area contributed by atoms with Crippen molar-refractivity contribution in [3.05, 3.63) is 56.3 Å². The Balaban J connectivity index is 2.07. The summed E-state index contributed by atoms with van der Waals surface area (Å²) in [6.45, 7) is 5.89. The van der Waals surface area contributed by atoms with Gasteiger partial charge in [-0.05, 0) is 0 Å².